The Morgan fingerprint density at radius 3 is 2.52 bits per heavy atom. The summed E-state index contributed by atoms with van der Waals surface area (Å²) in [6, 6.07) is 0. The minimum Gasteiger partial charge on any atom is -0.342 e. The van der Waals surface area contributed by atoms with Crippen molar-refractivity contribution in [3.63, 3.8) is 0 Å². The lowest BCUT2D eigenvalue weighted by atomic mass is 9.65. The molecule has 3 aliphatic heterocycles. The van der Waals surface area contributed by atoms with Crippen LogP contribution in [0.15, 0.2) is 12.4 Å². The Morgan fingerprint density at radius 1 is 1.10 bits per heavy atom. The fourth-order valence-electron chi connectivity index (χ4n) is 7.05. The highest BCUT2D eigenvalue weighted by Crippen LogP contribution is 2.62. The normalized spacial score (nSPS) is 32.3. The largest absolute Gasteiger partial charge is 0.342 e. The molecule has 1 spiro atoms. The third-order valence-electron chi connectivity index (χ3n) is 8.70. The topological polar surface area (TPSA) is 44.6 Å². The number of likely N-dealkylation sites (tertiary alicyclic amines) is 3. The number of fused-ring (bicyclic) bond motifs is 2. The van der Waals surface area contributed by atoms with Gasteiger partial charge in [-0.2, -0.15) is 5.10 Å². The van der Waals surface area contributed by atoms with Gasteiger partial charge in [-0.25, -0.2) is 0 Å². The Kier molecular flexibility index (Phi) is 4.98. The summed E-state index contributed by atoms with van der Waals surface area (Å²) in [4.78, 5) is 21.1. The molecule has 6 nitrogen and oxygen atoms in total. The number of aromatic nitrogens is 2. The molecule has 1 saturated carbocycles. The van der Waals surface area contributed by atoms with Gasteiger partial charge in [0, 0.05) is 51.5 Å². The van der Waals surface area contributed by atoms with Crippen molar-refractivity contribution in [1.29, 1.82) is 0 Å². The Bertz CT molecular complexity index is 746. The first-order chi connectivity index (χ1) is 14.0. The zero-order valence-corrected chi connectivity index (χ0v) is 18.3. The van der Waals surface area contributed by atoms with E-state index in [-0.39, 0.29) is 5.41 Å². The van der Waals surface area contributed by atoms with Crippen molar-refractivity contribution in [2.24, 2.45) is 23.8 Å². The molecular weight excluding hydrogens is 362 g/mol. The number of hydrogen-bond donors (Lipinski definition) is 0. The smallest absolute Gasteiger partial charge is 0.230 e. The number of carbonyl (C=O) groups is 1. The third-order valence-corrected chi connectivity index (χ3v) is 8.70. The first-order valence-corrected chi connectivity index (χ1v) is 11.8. The number of piperidine rings is 1. The zero-order valence-electron chi connectivity index (χ0n) is 18.3. The van der Waals surface area contributed by atoms with E-state index in [9.17, 15) is 4.79 Å². The monoisotopic (exact) mass is 399 g/mol. The van der Waals surface area contributed by atoms with Crippen LogP contribution in [0, 0.1) is 16.7 Å². The number of hydrogen-bond acceptors (Lipinski definition) is 4. The van der Waals surface area contributed by atoms with E-state index in [1.807, 2.05) is 17.9 Å². The molecule has 0 bridgehead atoms. The Labute approximate surface area is 175 Å². The van der Waals surface area contributed by atoms with Gasteiger partial charge < -0.3 is 9.80 Å². The van der Waals surface area contributed by atoms with Crippen LogP contribution in [0.2, 0.25) is 0 Å². The van der Waals surface area contributed by atoms with Crippen molar-refractivity contribution < 1.29 is 4.79 Å². The van der Waals surface area contributed by atoms with E-state index < -0.39 is 0 Å². The summed E-state index contributed by atoms with van der Waals surface area (Å²) in [5.41, 5.74) is 1.60. The van der Waals surface area contributed by atoms with Crippen molar-refractivity contribution in [2.45, 2.75) is 52.0 Å². The number of aryl methyl sites for hydroxylation is 1. The second-order valence-electron chi connectivity index (χ2n) is 10.2. The summed E-state index contributed by atoms with van der Waals surface area (Å²) in [5, 5.41) is 4.32. The van der Waals surface area contributed by atoms with Crippen molar-refractivity contribution in [3.05, 3.63) is 18.0 Å². The van der Waals surface area contributed by atoms with Crippen LogP contribution in [-0.2, 0) is 18.4 Å². The van der Waals surface area contributed by atoms with Crippen LogP contribution in [0.3, 0.4) is 0 Å². The average Bonchev–Trinajstić information content (AvgIpc) is 3.50. The van der Waals surface area contributed by atoms with Gasteiger partial charge in [-0.15, -0.1) is 0 Å². The van der Waals surface area contributed by atoms with E-state index >= 15 is 0 Å². The lowest BCUT2D eigenvalue weighted by molar-refractivity contribution is -0.143. The number of carbonyl (C=O) groups excluding carboxylic acids is 1. The maximum Gasteiger partial charge on any atom is 0.230 e. The summed E-state index contributed by atoms with van der Waals surface area (Å²) in [6.45, 7) is 10.8. The minimum absolute atomic E-state index is 0.0914. The minimum atomic E-state index is -0.0914. The van der Waals surface area contributed by atoms with Gasteiger partial charge in [0.2, 0.25) is 5.91 Å². The van der Waals surface area contributed by atoms with Crippen LogP contribution in [0.25, 0.3) is 0 Å². The molecule has 29 heavy (non-hydrogen) atoms. The third kappa shape index (κ3) is 3.23. The van der Waals surface area contributed by atoms with Gasteiger partial charge in [-0.1, -0.05) is 6.92 Å². The Balaban J connectivity index is 1.32. The lowest BCUT2D eigenvalue weighted by Crippen LogP contribution is -2.49. The van der Waals surface area contributed by atoms with E-state index in [0.29, 0.717) is 17.2 Å². The van der Waals surface area contributed by atoms with Gasteiger partial charge in [0.15, 0.2) is 0 Å². The summed E-state index contributed by atoms with van der Waals surface area (Å²) in [6.07, 6.45) is 11.4. The fourth-order valence-corrected chi connectivity index (χ4v) is 7.05. The molecule has 2 atom stereocenters. The molecule has 0 aromatic carbocycles. The molecular formula is C23H37N5O. The number of amides is 1. The highest BCUT2D eigenvalue weighted by Gasteiger charge is 2.64. The maximum atomic E-state index is 13.7. The zero-order chi connectivity index (χ0) is 20.1. The van der Waals surface area contributed by atoms with Crippen LogP contribution in [0.4, 0.5) is 0 Å². The van der Waals surface area contributed by atoms with Gasteiger partial charge in [-0.3, -0.25) is 14.4 Å². The summed E-state index contributed by atoms with van der Waals surface area (Å²) in [7, 11) is 1.99. The first kappa shape index (κ1) is 19.6. The predicted octanol–water partition coefficient (Wildman–Crippen LogP) is 2.36. The Hall–Kier alpha value is -1.40. The fraction of sp³-hybridized carbons (Fsp3) is 0.826. The standard InChI is InChI=1S/C23H37N5O/c1-3-26-17-20-22(6-7-23(20,18-26)21(29)28-10-4-5-11-28)8-12-27(13-9-22)16-19-14-24-25(2)15-19/h14-15,20H,3-13,16-18H2,1-2H3/t20-,23+/m1/s1. The van der Waals surface area contributed by atoms with Crippen molar-refractivity contribution in [1.82, 2.24) is 24.5 Å². The SMILES string of the molecule is CCN1C[C@@H]2C3(CCN(Cc4cnn(C)c4)CC3)CC[C@]2(C(=O)N2CCCC2)C1. The Morgan fingerprint density at radius 2 is 1.86 bits per heavy atom. The van der Waals surface area contributed by atoms with Crippen LogP contribution < -0.4 is 0 Å². The summed E-state index contributed by atoms with van der Waals surface area (Å²) < 4.78 is 1.90. The molecule has 1 amide bonds. The molecule has 3 saturated heterocycles. The highest BCUT2D eigenvalue weighted by molar-refractivity contribution is 5.84. The first-order valence-electron chi connectivity index (χ1n) is 11.8. The van der Waals surface area contributed by atoms with Crippen LogP contribution in [0.5, 0.6) is 0 Å². The average molecular weight is 400 g/mol. The molecule has 4 heterocycles. The molecule has 0 unspecified atom stereocenters. The molecule has 1 aromatic heterocycles. The molecule has 0 radical (unpaired) electrons. The lowest BCUT2D eigenvalue weighted by Gasteiger charge is -2.45. The van der Waals surface area contributed by atoms with Crippen molar-refractivity contribution in [3.8, 4) is 0 Å². The van der Waals surface area contributed by atoms with Gasteiger partial charge in [-0.05, 0) is 69.5 Å². The van der Waals surface area contributed by atoms with Gasteiger partial charge in [0.25, 0.3) is 0 Å². The predicted molar refractivity (Wildman–Crippen MR) is 113 cm³/mol. The van der Waals surface area contributed by atoms with E-state index in [2.05, 4.69) is 32.9 Å². The molecule has 1 aromatic rings. The van der Waals surface area contributed by atoms with Gasteiger partial charge >= 0.3 is 0 Å². The number of nitrogens with zero attached hydrogens (tertiary/aromatic N) is 5. The van der Waals surface area contributed by atoms with Gasteiger partial charge in [0.1, 0.15) is 0 Å². The van der Waals surface area contributed by atoms with Crippen LogP contribution >= 0.6 is 0 Å². The van der Waals surface area contributed by atoms with Crippen molar-refractivity contribution in [2.75, 3.05) is 45.8 Å². The quantitative estimate of drug-likeness (QED) is 0.780. The molecule has 6 heteroatoms. The van der Waals surface area contributed by atoms with Crippen LogP contribution in [0.1, 0.15) is 51.0 Å². The van der Waals surface area contributed by atoms with E-state index in [1.54, 1.807) is 0 Å². The molecule has 0 N–H and O–H groups in total. The summed E-state index contributed by atoms with van der Waals surface area (Å²) in [5.74, 6) is 1.06. The molecule has 5 rings (SSSR count). The van der Waals surface area contributed by atoms with E-state index in [4.69, 9.17) is 0 Å². The molecule has 160 valence electrons. The van der Waals surface area contributed by atoms with Crippen molar-refractivity contribution >= 4 is 5.91 Å². The summed E-state index contributed by atoms with van der Waals surface area (Å²) >= 11 is 0. The second kappa shape index (κ2) is 7.38. The van der Waals surface area contributed by atoms with E-state index in [0.717, 1.165) is 58.8 Å². The van der Waals surface area contributed by atoms with E-state index in [1.165, 1.54) is 37.7 Å². The number of rotatable bonds is 4. The highest BCUT2D eigenvalue weighted by atomic mass is 16.2. The molecule has 4 aliphatic rings. The maximum absolute atomic E-state index is 13.7. The molecule has 1 aliphatic carbocycles. The molecule has 4 fully saturated rings. The van der Waals surface area contributed by atoms with Crippen LogP contribution in [-0.4, -0.2) is 76.2 Å². The van der Waals surface area contributed by atoms with Gasteiger partial charge in [0.05, 0.1) is 11.6 Å². The second-order valence-corrected chi connectivity index (χ2v) is 10.2.